The third-order valence-corrected chi connectivity index (χ3v) is 3.77. The molecule has 0 unspecified atom stereocenters. The summed E-state index contributed by atoms with van der Waals surface area (Å²) in [4.78, 5) is 3.74. The topological polar surface area (TPSA) is 79.3 Å². The Balaban J connectivity index is 2.94. The first-order chi connectivity index (χ1) is 7.49. The van der Waals surface area contributed by atoms with E-state index in [1.165, 1.54) is 18.3 Å². The summed E-state index contributed by atoms with van der Waals surface area (Å²) in [5, 5.41) is 9.04. The number of nitrogens with one attached hydrogen (secondary N) is 1. The molecular weight excluding hydrogens is 252 g/mol. The van der Waals surface area contributed by atoms with Crippen molar-refractivity contribution in [3.05, 3.63) is 23.5 Å². The van der Waals surface area contributed by atoms with Crippen molar-refractivity contribution in [2.75, 3.05) is 6.61 Å². The van der Waals surface area contributed by atoms with Crippen LogP contribution in [0.1, 0.15) is 13.3 Å². The van der Waals surface area contributed by atoms with Crippen LogP contribution >= 0.6 is 11.6 Å². The fraction of sp³-hybridized carbons (Fsp3) is 0.444. The molecule has 1 rings (SSSR count). The van der Waals surface area contributed by atoms with Crippen molar-refractivity contribution in [3.8, 4) is 0 Å². The van der Waals surface area contributed by atoms with Crippen molar-refractivity contribution < 1.29 is 13.5 Å². The minimum Gasteiger partial charge on any atom is -0.395 e. The molecule has 16 heavy (non-hydrogen) atoms. The third kappa shape index (κ3) is 3.41. The number of hydrogen-bond acceptors (Lipinski definition) is 4. The lowest BCUT2D eigenvalue weighted by Crippen LogP contribution is -2.36. The molecule has 1 aromatic rings. The van der Waals surface area contributed by atoms with Crippen LogP contribution in [0.3, 0.4) is 0 Å². The first-order valence-electron chi connectivity index (χ1n) is 4.74. The Bertz CT molecular complexity index is 446. The average molecular weight is 265 g/mol. The maximum Gasteiger partial charge on any atom is 0.241 e. The second kappa shape index (κ2) is 5.58. The second-order valence-electron chi connectivity index (χ2n) is 3.22. The predicted octanol–water partition coefficient (Wildman–Crippen LogP) is 0.784. The summed E-state index contributed by atoms with van der Waals surface area (Å²) < 4.78 is 26.0. The zero-order valence-corrected chi connectivity index (χ0v) is 10.3. The first-order valence-corrected chi connectivity index (χ1v) is 6.60. The molecule has 1 atom stereocenters. The van der Waals surface area contributed by atoms with Crippen LogP contribution in [0.15, 0.2) is 23.2 Å². The quantitative estimate of drug-likeness (QED) is 0.771. The van der Waals surface area contributed by atoms with Gasteiger partial charge >= 0.3 is 0 Å². The highest BCUT2D eigenvalue weighted by molar-refractivity contribution is 7.89. The molecule has 0 saturated heterocycles. The summed E-state index contributed by atoms with van der Waals surface area (Å²) in [6.07, 6.45) is 1.82. The van der Waals surface area contributed by atoms with Crippen molar-refractivity contribution in [3.63, 3.8) is 0 Å². The van der Waals surface area contributed by atoms with E-state index in [4.69, 9.17) is 16.7 Å². The van der Waals surface area contributed by atoms with Gasteiger partial charge in [-0.15, -0.1) is 0 Å². The normalized spacial score (nSPS) is 13.7. The number of aliphatic hydroxyl groups excluding tert-OH is 1. The Kier molecular flexibility index (Phi) is 4.67. The van der Waals surface area contributed by atoms with Crippen LogP contribution in [0.25, 0.3) is 0 Å². The molecule has 1 heterocycles. The van der Waals surface area contributed by atoms with E-state index < -0.39 is 16.1 Å². The monoisotopic (exact) mass is 264 g/mol. The lowest BCUT2D eigenvalue weighted by atomic mass is 10.3. The fourth-order valence-corrected chi connectivity index (χ4v) is 2.65. The van der Waals surface area contributed by atoms with Crippen LogP contribution in [0.2, 0.25) is 5.15 Å². The van der Waals surface area contributed by atoms with E-state index >= 15 is 0 Å². The van der Waals surface area contributed by atoms with Crippen LogP contribution in [0, 0.1) is 0 Å². The molecule has 2 N–H and O–H groups in total. The van der Waals surface area contributed by atoms with Gasteiger partial charge in [-0.25, -0.2) is 18.1 Å². The summed E-state index contributed by atoms with van der Waals surface area (Å²) in [5.74, 6) is 0. The zero-order valence-electron chi connectivity index (χ0n) is 8.72. The average Bonchev–Trinajstić information content (AvgIpc) is 2.26. The Morgan fingerprint density at radius 2 is 2.31 bits per heavy atom. The van der Waals surface area contributed by atoms with Crippen molar-refractivity contribution in [2.45, 2.75) is 24.3 Å². The number of halogens is 1. The Morgan fingerprint density at radius 1 is 1.62 bits per heavy atom. The Labute approximate surface area is 99.5 Å². The van der Waals surface area contributed by atoms with Gasteiger partial charge in [0.2, 0.25) is 10.0 Å². The molecule has 0 bridgehead atoms. The van der Waals surface area contributed by atoms with Gasteiger partial charge in [-0.05, 0) is 18.6 Å². The Morgan fingerprint density at radius 3 is 2.81 bits per heavy atom. The van der Waals surface area contributed by atoms with E-state index in [1.54, 1.807) is 6.92 Å². The smallest absolute Gasteiger partial charge is 0.241 e. The van der Waals surface area contributed by atoms with Gasteiger partial charge < -0.3 is 5.11 Å². The molecule has 0 aromatic carbocycles. The predicted molar refractivity (Wildman–Crippen MR) is 60.7 cm³/mol. The van der Waals surface area contributed by atoms with E-state index in [0.29, 0.717) is 6.42 Å². The van der Waals surface area contributed by atoms with Crippen molar-refractivity contribution >= 4 is 21.6 Å². The standard InChI is InChI=1S/C9H13ClN2O3S/c1-2-7(6-13)12-16(14,15)8-3-4-11-9(10)5-8/h3-5,7,12-13H,2,6H2,1H3/t7-/m0/s1. The molecule has 0 aliphatic carbocycles. The molecule has 0 aliphatic rings. The minimum atomic E-state index is -3.64. The number of nitrogens with zero attached hydrogens (tertiary/aromatic N) is 1. The van der Waals surface area contributed by atoms with E-state index in [-0.39, 0.29) is 16.7 Å². The SMILES string of the molecule is CC[C@@H](CO)NS(=O)(=O)c1ccnc(Cl)c1. The molecule has 0 aliphatic heterocycles. The third-order valence-electron chi connectivity index (χ3n) is 2.04. The van der Waals surface area contributed by atoms with Gasteiger partial charge in [-0.1, -0.05) is 18.5 Å². The first kappa shape index (κ1) is 13.4. The van der Waals surface area contributed by atoms with Crippen LogP contribution in [0.4, 0.5) is 0 Å². The highest BCUT2D eigenvalue weighted by Crippen LogP contribution is 2.13. The molecule has 5 nitrogen and oxygen atoms in total. The second-order valence-corrected chi connectivity index (χ2v) is 5.32. The maximum atomic E-state index is 11.8. The molecule has 7 heteroatoms. The van der Waals surface area contributed by atoms with Gasteiger partial charge in [-0.2, -0.15) is 0 Å². The lowest BCUT2D eigenvalue weighted by molar-refractivity contribution is 0.254. The highest BCUT2D eigenvalue weighted by Gasteiger charge is 2.18. The van der Waals surface area contributed by atoms with Crippen LogP contribution in [-0.4, -0.2) is 31.2 Å². The molecule has 0 fully saturated rings. The largest absolute Gasteiger partial charge is 0.395 e. The number of aromatic nitrogens is 1. The molecule has 1 aromatic heterocycles. The molecule has 90 valence electrons. The number of aliphatic hydroxyl groups is 1. The minimum absolute atomic E-state index is 0.0411. The van der Waals surface area contributed by atoms with Crippen LogP contribution in [0.5, 0.6) is 0 Å². The van der Waals surface area contributed by atoms with Crippen molar-refractivity contribution in [1.29, 1.82) is 0 Å². The van der Waals surface area contributed by atoms with Gasteiger partial charge in [0.25, 0.3) is 0 Å². The molecule has 0 amide bonds. The van der Waals surface area contributed by atoms with Crippen molar-refractivity contribution in [1.82, 2.24) is 9.71 Å². The summed E-state index contributed by atoms with van der Waals surface area (Å²) >= 11 is 5.60. The van der Waals surface area contributed by atoms with E-state index in [0.717, 1.165) is 0 Å². The van der Waals surface area contributed by atoms with E-state index in [9.17, 15) is 8.42 Å². The Hall–Kier alpha value is -0.690. The molecule has 0 saturated carbocycles. The zero-order chi connectivity index (χ0) is 12.2. The number of hydrogen-bond donors (Lipinski definition) is 2. The summed E-state index contributed by atoms with van der Waals surface area (Å²) in [6.45, 7) is 1.54. The van der Waals surface area contributed by atoms with Crippen LogP contribution in [-0.2, 0) is 10.0 Å². The highest BCUT2D eigenvalue weighted by atomic mass is 35.5. The summed E-state index contributed by atoms with van der Waals surface area (Å²) in [6, 6.07) is 2.11. The molecular formula is C9H13ClN2O3S. The van der Waals surface area contributed by atoms with Gasteiger partial charge in [0, 0.05) is 12.2 Å². The van der Waals surface area contributed by atoms with Gasteiger partial charge in [0.1, 0.15) is 5.15 Å². The van der Waals surface area contributed by atoms with E-state index in [1.807, 2.05) is 0 Å². The van der Waals surface area contributed by atoms with E-state index in [2.05, 4.69) is 9.71 Å². The fourth-order valence-electron chi connectivity index (χ4n) is 1.09. The number of rotatable bonds is 5. The summed E-state index contributed by atoms with van der Waals surface area (Å²) in [7, 11) is -3.64. The molecule has 0 radical (unpaired) electrons. The number of pyridine rings is 1. The molecule has 0 spiro atoms. The van der Waals surface area contributed by atoms with Gasteiger partial charge in [0.05, 0.1) is 11.5 Å². The van der Waals surface area contributed by atoms with Gasteiger partial charge in [0.15, 0.2) is 0 Å². The summed E-state index contributed by atoms with van der Waals surface area (Å²) in [5.41, 5.74) is 0. The van der Waals surface area contributed by atoms with Crippen molar-refractivity contribution in [2.24, 2.45) is 0 Å². The number of sulfonamides is 1. The maximum absolute atomic E-state index is 11.8. The van der Waals surface area contributed by atoms with Crippen LogP contribution < -0.4 is 4.72 Å². The van der Waals surface area contributed by atoms with Gasteiger partial charge in [-0.3, -0.25) is 0 Å². The lowest BCUT2D eigenvalue weighted by Gasteiger charge is -2.14.